The van der Waals surface area contributed by atoms with Crippen LogP contribution >= 0.6 is 11.3 Å². The predicted molar refractivity (Wildman–Crippen MR) is 195 cm³/mol. The Balaban J connectivity index is 1.05. The molecule has 1 fully saturated rings. The van der Waals surface area contributed by atoms with Gasteiger partial charge in [0.05, 0.1) is 35.8 Å². The molecule has 1 amide bonds. The van der Waals surface area contributed by atoms with E-state index in [0.29, 0.717) is 53.4 Å². The molecule has 3 atom stereocenters. The number of para-hydroxylation sites is 1. The molecular weight excluding hydrogens is 649 g/mol. The zero-order chi connectivity index (χ0) is 34.7. The van der Waals surface area contributed by atoms with Crippen LogP contribution in [0.3, 0.4) is 0 Å². The van der Waals surface area contributed by atoms with Gasteiger partial charge in [0.15, 0.2) is 10.8 Å². The summed E-state index contributed by atoms with van der Waals surface area (Å²) in [5.41, 5.74) is 7.09. The van der Waals surface area contributed by atoms with Crippen molar-refractivity contribution in [2.45, 2.75) is 59.5 Å². The average Bonchev–Trinajstić information content (AvgIpc) is 3.68. The van der Waals surface area contributed by atoms with E-state index < -0.39 is 5.97 Å². The number of aromatic nitrogens is 4. The molecule has 3 aliphatic rings. The van der Waals surface area contributed by atoms with Gasteiger partial charge in [0.2, 0.25) is 0 Å². The van der Waals surface area contributed by atoms with Crippen molar-refractivity contribution in [2.24, 2.45) is 17.3 Å². The lowest BCUT2D eigenvalue weighted by Crippen LogP contribution is -2.47. The Morgan fingerprint density at radius 1 is 1.06 bits per heavy atom. The molecular formula is C39H40N6O4S. The van der Waals surface area contributed by atoms with E-state index in [1.54, 1.807) is 13.3 Å². The molecule has 10 nitrogen and oxygen atoms in total. The number of ether oxygens (including phenoxy) is 1. The summed E-state index contributed by atoms with van der Waals surface area (Å²) in [6.45, 7) is 8.39. The van der Waals surface area contributed by atoms with E-state index >= 15 is 0 Å². The minimum absolute atomic E-state index is 0.0122. The maximum absolute atomic E-state index is 13.5. The number of aromatic carboxylic acids is 1. The average molecular weight is 689 g/mol. The lowest BCUT2D eigenvalue weighted by Gasteiger charge is -2.54. The maximum Gasteiger partial charge on any atom is 0.355 e. The van der Waals surface area contributed by atoms with Gasteiger partial charge in [-0.05, 0) is 85.1 Å². The fourth-order valence-corrected chi connectivity index (χ4v) is 9.63. The van der Waals surface area contributed by atoms with Crippen molar-refractivity contribution in [1.29, 1.82) is 0 Å². The molecule has 0 bridgehead atoms. The Kier molecular flexibility index (Phi) is 7.97. The van der Waals surface area contributed by atoms with Crippen LogP contribution < -0.4 is 10.2 Å². The number of anilines is 2. The third-order valence-corrected chi connectivity index (χ3v) is 11.8. The summed E-state index contributed by atoms with van der Waals surface area (Å²) in [6.07, 6.45) is 5.64. The summed E-state index contributed by atoms with van der Waals surface area (Å²) in [5, 5.41) is 18.7. The number of carbonyl (C=O) groups is 2. The summed E-state index contributed by atoms with van der Waals surface area (Å²) in [4.78, 5) is 37.6. The van der Waals surface area contributed by atoms with Gasteiger partial charge in [-0.25, -0.2) is 14.8 Å². The zero-order valence-corrected chi connectivity index (χ0v) is 29.5. The Bertz CT molecular complexity index is 2170. The predicted octanol–water partition coefficient (Wildman–Crippen LogP) is 7.73. The molecule has 2 aliphatic carbocycles. The molecule has 256 valence electrons. The van der Waals surface area contributed by atoms with E-state index in [4.69, 9.17) is 14.8 Å². The Labute approximate surface area is 294 Å². The highest BCUT2D eigenvalue weighted by Gasteiger charge is 2.52. The summed E-state index contributed by atoms with van der Waals surface area (Å²) in [6, 6.07) is 17.3. The van der Waals surface area contributed by atoms with Gasteiger partial charge >= 0.3 is 5.97 Å². The Morgan fingerprint density at radius 2 is 1.90 bits per heavy atom. The number of thiazole rings is 1. The van der Waals surface area contributed by atoms with E-state index in [2.05, 4.69) is 24.1 Å². The molecule has 4 heterocycles. The van der Waals surface area contributed by atoms with Crippen molar-refractivity contribution in [3.05, 3.63) is 100 Å². The second-order valence-electron chi connectivity index (χ2n) is 14.2. The third kappa shape index (κ3) is 5.44. The van der Waals surface area contributed by atoms with Gasteiger partial charge in [-0.1, -0.05) is 49.4 Å². The van der Waals surface area contributed by atoms with Crippen LogP contribution in [0.1, 0.15) is 70.8 Å². The number of benzene rings is 2. The highest BCUT2D eigenvalue weighted by molar-refractivity contribution is 7.22. The van der Waals surface area contributed by atoms with Crippen LogP contribution in [0.5, 0.6) is 0 Å². The number of rotatable bonds is 8. The van der Waals surface area contributed by atoms with Crippen molar-refractivity contribution >= 4 is 44.4 Å². The fraction of sp³-hybridized carbons (Fsp3) is 0.359. The smallest absolute Gasteiger partial charge is 0.355 e. The Morgan fingerprint density at radius 3 is 2.68 bits per heavy atom. The number of fused-ring (bicyclic) bond motifs is 3. The molecule has 2 N–H and O–H groups in total. The number of carboxylic acids is 1. The topological polar surface area (TPSA) is 122 Å². The van der Waals surface area contributed by atoms with E-state index in [1.807, 2.05) is 71.1 Å². The van der Waals surface area contributed by atoms with Crippen molar-refractivity contribution in [2.75, 3.05) is 23.9 Å². The van der Waals surface area contributed by atoms with Gasteiger partial charge < -0.3 is 14.7 Å². The van der Waals surface area contributed by atoms with Gasteiger partial charge in [-0.15, -0.1) is 0 Å². The minimum Gasteiger partial charge on any atom is -0.501 e. The second-order valence-corrected chi connectivity index (χ2v) is 15.2. The van der Waals surface area contributed by atoms with Crippen LogP contribution in [-0.2, 0) is 24.2 Å². The number of hydrogen-bond donors (Lipinski definition) is 2. The van der Waals surface area contributed by atoms with E-state index in [0.717, 1.165) is 64.2 Å². The van der Waals surface area contributed by atoms with E-state index in [9.17, 15) is 14.7 Å². The SMILES string of the molecule is COC1=C2C(C)CC2(Cn2ncc(-c3ccc(N4CCc5cccc(C(=O)Nc6nc7ccccc7s6)c5C4)nc3C(=O)O)c2C)CC(C)C1. The van der Waals surface area contributed by atoms with Crippen LogP contribution in [0.15, 0.2) is 72.1 Å². The summed E-state index contributed by atoms with van der Waals surface area (Å²) < 4.78 is 8.90. The number of carbonyl (C=O) groups excluding carboxylic acids is 1. The maximum atomic E-state index is 13.5. The van der Waals surface area contributed by atoms with Crippen LogP contribution in [0, 0.1) is 24.2 Å². The largest absolute Gasteiger partial charge is 0.501 e. The third-order valence-electron chi connectivity index (χ3n) is 10.9. The van der Waals surface area contributed by atoms with Crippen molar-refractivity contribution in [3.63, 3.8) is 0 Å². The molecule has 0 radical (unpaired) electrons. The van der Waals surface area contributed by atoms with Crippen LogP contribution in [-0.4, -0.2) is 50.4 Å². The van der Waals surface area contributed by atoms with Gasteiger partial charge in [0, 0.05) is 47.3 Å². The number of pyridine rings is 1. The lowest BCUT2D eigenvalue weighted by molar-refractivity contribution is 0.0598. The summed E-state index contributed by atoms with van der Waals surface area (Å²) >= 11 is 1.44. The number of hydrogen-bond acceptors (Lipinski definition) is 8. The van der Waals surface area contributed by atoms with E-state index in [1.165, 1.54) is 16.9 Å². The first-order valence-electron chi connectivity index (χ1n) is 17.2. The zero-order valence-electron chi connectivity index (χ0n) is 28.7. The first kappa shape index (κ1) is 32.2. The number of amides is 1. The second kappa shape index (κ2) is 12.4. The van der Waals surface area contributed by atoms with Crippen molar-refractivity contribution in [1.82, 2.24) is 19.7 Å². The molecule has 3 unspecified atom stereocenters. The van der Waals surface area contributed by atoms with Crippen molar-refractivity contribution in [3.8, 4) is 11.1 Å². The molecule has 11 heteroatoms. The van der Waals surface area contributed by atoms with Gasteiger partial charge in [0.25, 0.3) is 5.91 Å². The first-order valence-corrected chi connectivity index (χ1v) is 18.0. The molecule has 0 spiro atoms. The molecule has 3 aromatic heterocycles. The van der Waals surface area contributed by atoms with Crippen molar-refractivity contribution < 1.29 is 19.4 Å². The molecule has 1 saturated carbocycles. The molecule has 1 aliphatic heterocycles. The van der Waals surface area contributed by atoms with Crippen LogP contribution in [0.2, 0.25) is 0 Å². The number of allylic oxidation sites excluding steroid dienone is 2. The van der Waals surface area contributed by atoms with Gasteiger partial charge in [-0.2, -0.15) is 5.10 Å². The molecule has 50 heavy (non-hydrogen) atoms. The lowest BCUT2D eigenvalue weighted by atomic mass is 9.52. The van der Waals surface area contributed by atoms with Crippen LogP contribution in [0.25, 0.3) is 21.3 Å². The molecule has 5 aromatic rings. The highest BCUT2D eigenvalue weighted by Crippen LogP contribution is 2.60. The van der Waals surface area contributed by atoms with E-state index in [-0.39, 0.29) is 17.0 Å². The number of methoxy groups -OCH3 is 1. The molecule has 2 aromatic carbocycles. The number of carboxylic acid groups (broad SMARTS) is 1. The van der Waals surface area contributed by atoms with Crippen LogP contribution in [0.4, 0.5) is 10.9 Å². The first-order chi connectivity index (χ1) is 24.1. The Hall–Kier alpha value is -5.03. The molecule has 0 saturated heterocycles. The number of nitrogens with one attached hydrogen (secondary N) is 1. The van der Waals surface area contributed by atoms with Gasteiger partial charge in [-0.3, -0.25) is 14.8 Å². The summed E-state index contributed by atoms with van der Waals surface area (Å²) in [5.74, 6) is 1.39. The fourth-order valence-electron chi connectivity index (χ4n) is 8.77. The number of nitrogens with zero attached hydrogens (tertiary/aromatic N) is 5. The quantitative estimate of drug-likeness (QED) is 0.170. The minimum atomic E-state index is -1.09. The standard InChI is InChI=1S/C39H40N6O4S/c1-22-16-31(49-4)34-23(2)18-39(34,17-22)21-45-24(3)28(19-40-45)26-12-13-33(42-35(26)37(47)48)44-15-14-25-8-7-9-27(29(25)20-44)36(46)43-38-41-30-10-5-6-11-32(30)50-38/h5-13,19,22-23H,14-18,20-21H2,1-4H3,(H,47,48)(H,41,43,46). The summed E-state index contributed by atoms with van der Waals surface area (Å²) in [7, 11) is 1.78. The highest BCUT2D eigenvalue weighted by atomic mass is 32.1. The van der Waals surface area contributed by atoms with Gasteiger partial charge in [0.1, 0.15) is 5.82 Å². The normalized spacial score (nSPS) is 21.4. The monoisotopic (exact) mass is 688 g/mol. The molecule has 8 rings (SSSR count).